The van der Waals surface area contributed by atoms with Crippen LogP contribution in [-0.2, 0) is 24.4 Å². The second-order valence-electron chi connectivity index (χ2n) is 14.0. The Balaban J connectivity index is 1.47. The van der Waals surface area contributed by atoms with E-state index in [0.29, 0.717) is 26.3 Å². The summed E-state index contributed by atoms with van der Waals surface area (Å²) in [6.07, 6.45) is -1.58. The number of nitrogens with one attached hydrogen (secondary N) is 2. The molecule has 3 aromatic rings. The van der Waals surface area contributed by atoms with Crippen LogP contribution in [0.1, 0.15) is 61.5 Å². The fraction of sp³-hybridized carbons (Fsp3) is 0.421. The third kappa shape index (κ3) is 8.52. The number of amides is 2. The number of morpholine rings is 1. The topological polar surface area (TPSA) is 139 Å². The predicted molar refractivity (Wildman–Crippen MR) is 193 cm³/mol. The summed E-state index contributed by atoms with van der Waals surface area (Å²) in [6.45, 7) is 8.65. The van der Waals surface area contributed by atoms with Gasteiger partial charge in [0.1, 0.15) is 22.8 Å². The maximum Gasteiger partial charge on any atom is 0.413 e. The summed E-state index contributed by atoms with van der Waals surface area (Å²) < 4.78 is 53.3. The lowest BCUT2D eigenvalue weighted by molar-refractivity contribution is -0.118. The first kappa shape index (κ1) is 39.7. The summed E-state index contributed by atoms with van der Waals surface area (Å²) in [7, 11) is 1.33. The molecule has 5 rings (SSSR count). The zero-order valence-corrected chi connectivity index (χ0v) is 31.3. The van der Waals surface area contributed by atoms with Crippen molar-refractivity contribution in [2.24, 2.45) is 5.41 Å². The second-order valence-corrected chi connectivity index (χ2v) is 14.9. The molecule has 15 heteroatoms. The van der Waals surface area contributed by atoms with Crippen LogP contribution in [0.3, 0.4) is 0 Å². The van der Waals surface area contributed by atoms with Gasteiger partial charge in [0.25, 0.3) is 0 Å². The molecule has 53 heavy (non-hydrogen) atoms. The Morgan fingerprint density at radius 1 is 1.09 bits per heavy atom. The smallest absolute Gasteiger partial charge is 0.413 e. The zero-order chi connectivity index (χ0) is 38.7. The molecule has 2 fully saturated rings. The van der Waals surface area contributed by atoms with E-state index in [0.717, 1.165) is 6.07 Å². The number of anilines is 1. The summed E-state index contributed by atoms with van der Waals surface area (Å²) in [4.78, 5) is 41.2. The van der Waals surface area contributed by atoms with Gasteiger partial charge in [-0.1, -0.05) is 62.2 Å². The van der Waals surface area contributed by atoms with Crippen molar-refractivity contribution in [3.05, 3.63) is 93.0 Å². The van der Waals surface area contributed by atoms with Gasteiger partial charge in [-0.05, 0) is 53.8 Å². The number of ether oxygens (including phenoxy) is 4. The molecule has 3 aromatic carbocycles. The largest absolute Gasteiger partial charge is 0.495 e. The number of nitriles is 1. The molecule has 2 aliphatic heterocycles. The van der Waals surface area contributed by atoms with E-state index in [2.05, 4.69) is 16.7 Å². The maximum atomic E-state index is 16.0. The lowest BCUT2D eigenvalue weighted by Crippen LogP contribution is -2.45. The Hall–Kier alpha value is -4.48. The summed E-state index contributed by atoms with van der Waals surface area (Å²) in [5.41, 5.74) is -2.22. The fourth-order valence-corrected chi connectivity index (χ4v) is 7.23. The van der Waals surface area contributed by atoms with E-state index < -0.39 is 64.7 Å². The van der Waals surface area contributed by atoms with Crippen LogP contribution in [0.5, 0.6) is 5.75 Å². The summed E-state index contributed by atoms with van der Waals surface area (Å²) in [5, 5.41) is 17.0. The molecule has 0 aromatic heterocycles. The molecule has 2 saturated heterocycles. The molecule has 2 amide bonds. The Morgan fingerprint density at radius 3 is 2.45 bits per heavy atom. The minimum Gasteiger partial charge on any atom is -0.495 e. The highest BCUT2D eigenvalue weighted by molar-refractivity contribution is 6.31. The molecule has 5 atom stereocenters. The van der Waals surface area contributed by atoms with E-state index in [1.54, 1.807) is 0 Å². The van der Waals surface area contributed by atoms with Crippen molar-refractivity contribution in [1.82, 2.24) is 10.2 Å². The molecule has 2 heterocycles. The van der Waals surface area contributed by atoms with E-state index >= 15 is 8.78 Å². The lowest BCUT2D eigenvalue weighted by Gasteiger charge is -2.37. The third-order valence-corrected chi connectivity index (χ3v) is 9.76. The van der Waals surface area contributed by atoms with Gasteiger partial charge in [-0.15, -0.1) is 0 Å². The van der Waals surface area contributed by atoms with Crippen LogP contribution in [0, 0.1) is 28.4 Å². The number of hydrogen-bond acceptors (Lipinski definition) is 9. The van der Waals surface area contributed by atoms with Gasteiger partial charge in [-0.25, -0.2) is 18.4 Å². The summed E-state index contributed by atoms with van der Waals surface area (Å²) in [6, 6.07) is 12.4. The molecule has 0 bridgehead atoms. The first-order chi connectivity index (χ1) is 25.1. The molecule has 0 radical (unpaired) electrons. The highest BCUT2D eigenvalue weighted by Gasteiger charge is 2.61. The second kappa shape index (κ2) is 16.3. The minimum absolute atomic E-state index is 0.0268. The van der Waals surface area contributed by atoms with Crippen LogP contribution in [-0.4, -0.2) is 74.7 Å². The third-order valence-electron chi connectivity index (χ3n) is 9.24. The highest BCUT2D eigenvalue weighted by Crippen LogP contribution is 2.53. The van der Waals surface area contributed by atoms with Crippen molar-refractivity contribution in [1.29, 1.82) is 5.26 Å². The van der Waals surface area contributed by atoms with Crippen LogP contribution in [0.25, 0.3) is 0 Å². The average Bonchev–Trinajstić information content (AvgIpc) is 3.42. The van der Waals surface area contributed by atoms with Gasteiger partial charge in [0.15, 0.2) is 0 Å². The van der Waals surface area contributed by atoms with Crippen LogP contribution in [0.4, 0.5) is 19.3 Å². The first-order valence-corrected chi connectivity index (χ1v) is 17.6. The first-order valence-electron chi connectivity index (χ1n) is 16.9. The van der Waals surface area contributed by atoms with E-state index in [1.807, 2.05) is 20.8 Å². The number of rotatable bonds is 9. The van der Waals surface area contributed by atoms with Crippen molar-refractivity contribution in [3.63, 3.8) is 0 Å². The van der Waals surface area contributed by atoms with E-state index in [4.69, 9.17) is 42.1 Å². The highest BCUT2D eigenvalue weighted by atomic mass is 35.5. The Bertz CT molecular complexity index is 1910. The Morgan fingerprint density at radius 2 is 1.81 bits per heavy atom. The van der Waals surface area contributed by atoms with Crippen LogP contribution in [0.2, 0.25) is 10.0 Å². The normalized spacial score (nSPS) is 22.0. The minimum atomic E-state index is -1.82. The number of hydrogen-bond donors (Lipinski definition) is 2. The molecule has 11 nitrogen and oxygen atoms in total. The van der Waals surface area contributed by atoms with Gasteiger partial charge in [0, 0.05) is 42.6 Å². The molecule has 2 N–H and O–H groups in total. The Labute approximate surface area is 316 Å². The predicted octanol–water partition coefficient (Wildman–Crippen LogP) is 7.21. The van der Waals surface area contributed by atoms with Crippen LogP contribution in [0.15, 0.2) is 54.6 Å². The molecule has 0 unspecified atom stereocenters. The summed E-state index contributed by atoms with van der Waals surface area (Å²) >= 11 is 12.4. The van der Waals surface area contributed by atoms with E-state index in [-0.39, 0.29) is 44.6 Å². The quantitative estimate of drug-likeness (QED) is 0.171. The number of esters is 1. The molecule has 0 saturated carbocycles. The fourth-order valence-electron chi connectivity index (χ4n) is 6.89. The van der Waals surface area contributed by atoms with Gasteiger partial charge in [0.05, 0.1) is 48.7 Å². The standard InChI is InChI=1S/C38H40Cl2F2N4O7/c1-21(53-36(49)46-13-15-51-16-14-46)52-35(48)22-9-12-28(29(17-22)50-5)44-34(47)33-31(24-7-6-8-26(40)32(24)42)38(20-43,30(45-33)19-37(2,3)4)25-11-10-23(39)18-27(25)41/h6-12,17-18,21,30-31,33,45H,13-16,19H2,1-5H3,(H,44,47)/t21-,30+,31+,33-,38+/m1/s1. The zero-order valence-electron chi connectivity index (χ0n) is 29.8. The number of carbonyl (C=O) groups is 3. The number of carbonyl (C=O) groups excluding carboxylic acids is 3. The number of benzene rings is 3. The number of methoxy groups -OCH3 is 1. The van der Waals surface area contributed by atoms with Gasteiger partial charge in [0.2, 0.25) is 12.2 Å². The van der Waals surface area contributed by atoms with Crippen molar-refractivity contribution >= 4 is 46.9 Å². The van der Waals surface area contributed by atoms with Crippen molar-refractivity contribution < 1.29 is 42.1 Å². The van der Waals surface area contributed by atoms with Crippen LogP contribution >= 0.6 is 23.2 Å². The SMILES string of the molecule is COc1cc(C(=O)O[C@@H](C)OC(=O)N2CCOCC2)ccc1NC(=O)[C@@H]1N[C@@H](CC(C)(C)C)[C@](C#N)(c2ccc(Cl)cc2F)[C@H]1c1cccc(Cl)c1F. The number of nitrogens with zero attached hydrogens (tertiary/aromatic N) is 2. The monoisotopic (exact) mass is 772 g/mol. The van der Waals surface area contributed by atoms with E-state index in [9.17, 15) is 19.6 Å². The van der Waals surface area contributed by atoms with Gasteiger partial charge >= 0.3 is 12.1 Å². The molecular weight excluding hydrogens is 733 g/mol. The molecule has 0 spiro atoms. The van der Waals surface area contributed by atoms with Crippen molar-refractivity contribution in [2.75, 3.05) is 38.7 Å². The van der Waals surface area contributed by atoms with Crippen molar-refractivity contribution in [2.45, 2.75) is 63.8 Å². The van der Waals surface area contributed by atoms with Gasteiger partial charge < -0.3 is 34.5 Å². The Kier molecular flexibility index (Phi) is 12.2. The molecular formula is C38H40Cl2F2N4O7. The molecule has 0 aliphatic carbocycles. The van der Waals surface area contributed by atoms with Gasteiger partial charge in [-0.3, -0.25) is 4.79 Å². The maximum absolute atomic E-state index is 16.0. The molecule has 2 aliphatic rings. The average molecular weight is 774 g/mol. The van der Waals surface area contributed by atoms with Crippen molar-refractivity contribution in [3.8, 4) is 11.8 Å². The van der Waals surface area contributed by atoms with E-state index in [1.165, 1.54) is 67.5 Å². The van der Waals surface area contributed by atoms with Gasteiger partial charge in [-0.2, -0.15) is 5.26 Å². The lowest BCUT2D eigenvalue weighted by atomic mass is 9.62. The summed E-state index contributed by atoms with van der Waals surface area (Å²) in [5.74, 6) is -4.40. The number of halogens is 4. The van der Waals surface area contributed by atoms with Crippen LogP contribution < -0.4 is 15.4 Å². The molecule has 282 valence electrons.